The number of phenolic OH excluding ortho intramolecular Hbond substituents is 6. The number of benzene rings is 8. The average molecular weight is 661 g/mol. The number of methoxy groups -OCH3 is 1. The molecule has 244 valence electrons. The normalized spacial score (nSPS) is 11.9. The Bertz CT molecular complexity index is 2940. The maximum Gasteiger partial charge on any atom is 0.204 e. The number of fused-ring (bicyclic) bond motifs is 8. The van der Waals surface area contributed by atoms with E-state index in [1.807, 2.05) is 78.9 Å². The van der Waals surface area contributed by atoms with E-state index < -0.39 is 23.0 Å². The van der Waals surface area contributed by atoms with Crippen molar-refractivity contribution in [1.82, 2.24) is 0 Å². The van der Waals surface area contributed by atoms with E-state index in [1.54, 1.807) is 25.1 Å². The highest BCUT2D eigenvalue weighted by Crippen LogP contribution is 2.61. The van der Waals surface area contributed by atoms with E-state index in [0.29, 0.717) is 22.3 Å². The fourth-order valence-corrected chi connectivity index (χ4v) is 7.69. The predicted molar refractivity (Wildman–Crippen MR) is 196 cm³/mol. The molecule has 1 aromatic heterocycles. The van der Waals surface area contributed by atoms with Crippen LogP contribution in [0.25, 0.3) is 87.3 Å². The second-order valence-electron chi connectivity index (χ2n) is 12.5. The minimum absolute atomic E-state index is 0.00947. The SMILES string of the molecule is COc1c(C)c(O)c2c(-c3ccc4oc5ccccc5c4c3)c3c(O)c(O)c(O)c(O)c3c(-c3cccc4c3ccc3ccccc34)c2c1O. The van der Waals surface area contributed by atoms with Gasteiger partial charge in [-0.05, 0) is 57.8 Å². The first-order valence-corrected chi connectivity index (χ1v) is 15.9. The zero-order valence-electron chi connectivity index (χ0n) is 26.7. The lowest BCUT2D eigenvalue weighted by Crippen LogP contribution is -1.97. The first kappa shape index (κ1) is 29.3. The molecule has 8 heteroatoms. The molecule has 0 unspecified atom stereocenters. The fourth-order valence-electron chi connectivity index (χ4n) is 7.69. The standard InChI is InChI=1S/C42H28O8/c1-19-36(43)32-30(21-15-17-29-27(18-21)25-10-5-6-13-28(25)50-29)33-34(38(45)41(48)40(47)37(33)44)31(35(32)39(46)42(19)49-2)26-12-7-11-23-22-9-4-3-8-20(22)14-16-24(23)26/h3-18,43-48H,1-2H3. The Labute approximate surface area is 283 Å². The number of hydrogen-bond donors (Lipinski definition) is 6. The highest BCUT2D eigenvalue weighted by Gasteiger charge is 2.32. The number of hydrogen-bond acceptors (Lipinski definition) is 8. The molecule has 0 amide bonds. The molecule has 50 heavy (non-hydrogen) atoms. The van der Waals surface area contributed by atoms with Crippen LogP contribution < -0.4 is 4.74 Å². The Kier molecular flexibility index (Phi) is 6.07. The Morgan fingerprint density at radius 1 is 0.480 bits per heavy atom. The summed E-state index contributed by atoms with van der Waals surface area (Å²) in [5.41, 5.74) is 2.87. The minimum Gasteiger partial charge on any atom is -0.507 e. The van der Waals surface area contributed by atoms with Gasteiger partial charge in [-0.1, -0.05) is 78.9 Å². The molecule has 0 atom stereocenters. The second kappa shape index (κ2) is 10.3. The second-order valence-corrected chi connectivity index (χ2v) is 12.5. The monoisotopic (exact) mass is 660 g/mol. The van der Waals surface area contributed by atoms with Gasteiger partial charge in [0, 0.05) is 49.0 Å². The van der Waals surface area contributed by atoms with Gasteiger partial charge in [0.15, 0.2) is 23.0 Å². The summed E-state index contributed by atoms with van der Waals surface area (Å²) in [5, 5.41) is 75.1. The highest BCUT2D eigenvalue weighted by molar-refractivity contribution is 6.31. The molecule has 0 saturated heterocycles. The van der Waals surface area contributed by atoms with Crippen molar-refractivity contribution < 1.29 is 39.8 Å². The third kappa shape index (κ3) is 3.75. The summed E-state index contributed by atoms with van der Waals surface area (Å²) < 4.78 is 11.7. The van der Waals surface area contributed by atoms with Gasteiger partial charge in [0.25, 0.3) is 0 Å². The number of ether oxygens (including phenoxy) is 1. The van der Waals surface area contributed by atoms with Gasteiger partial charge in [-0.15, -0.1) is 0 Å². The third-order valence-electron chi connectivity index (χ3n) is 9.96. The van der Waals surface area contributed by atoms with Gasteiger partial charge < -0.3 is 39.8 Å². The van der Waals surface area contributed by atoms with Crippen LogP contribution in [0.5, 0.6) is 40.2 Å². The average Bonchev–Trinajstić information content (AvgIpc) is 3.52. The van der Waals surface area contributed by atoms with Crippen LogP contribution in [0, 0.1) is 6.92 Å². The van der Waals surface area contributed by atoms with E-state index in [2.05, 4.69) is 0 Å². The molecule has 0 aliphatic carbocycles. The van der Waals surface area contributed by atoms with E-state index in [9.17, 15) is 30.6 Å². The van der Waals surface area contributed by atoms with Crippen molar-refractivity contribution in [2.24, 2.45) is 0 Å². The van der Waals surface area contributed by atoms with Crippen molar-refractivity contribution in [2.45, 2.75) is 6.92 Å². The number of para-hydroxylation sites is 1. The van der Waals surface area contributed by atoms with Crippen LogP contribution in [0.3, 0.4) is 0 Å². The largest absolute Gasteiger partial charge is 0.507 e. The van der Waals surface area contributed by atoms with Gasteiger partial charge >= 0.3 is 0 Å². The van der Waals surface area contributed by atoms with Crippen molar-refractivity contribution in [3.63, 3.8) is 0 Å². The quantitative estimate of drug-likeness (QED) is 0.0476. The highest BCUT2D eigenvalue weighted by atomic mass is 16.5. The lowest BCUT2D eigenvalue weighted by Gasteiger charge is -2.24. The Morgan fingerprint density at radius 2 is 1.10 bits per heavy atom. The number of aromatic hydroxyl groups is 6. The minimum atomic E-state index is -0.939. The predicted octanol–water partition coefficient (Wildman–Crippen LogP) is 10.1. The number of rotatable bonds is 3. The van der Waals surface area contributed by atoms with Crippen LogP contribution >= 0.6 is 0 Å². The molecule has 0 bridgehead atoms. The lowest BCUT2D eigenvalue weighted by atomic mass is 9.81. The van der Waals surface area contributed by atoms with Gasteiger partial charge in [0.05, 0.1) is 7.11 Å². The van der Waals surface area contributed by atoms with E-state index in [1.165, 1.54) is 7.11 Å². The van der Waals surface area contributed by atoms with Crippen LogP contribution in [0.4, 0.5) is 0 Å². The summed E-state index contributed by atoms with van der Waals surface area (Å²) in [6.07, 6.45) is 0. The van der Waals surface area contributed by atoms with Gasteiger partial charge in [-0.3, -0.25) is 0 Å². The maximum atomic E-state index is 12.1. The Balaban J connectivity index is 1.57. The Hall–Kier alpha value is -6.80. The maximum absolute atomic E-state index is 12.1. The van der Waals surface area contributed by atoms with Gasteiger partial charge in [-0.25, -0.2) is 0 Å². The first-order chi connectivity index (χ1) is 24.2. The number of furan rings is 1. The van der Waals surface area contributed by atoms with E-state index in [4.69, 9.17) is 9.15 Å². The van der Waals surface area contributed by atoms with E-state index in [-0.39, 0.29) is 55.5 Å². The van der Waals surface area contributed by atoms with Crippen LogP contribution in [0.2, 0.25) is 0 Å². The molecule has 0 fully saturated rings. The molecule has 0 aliphatic rings. The molecule has 1 heterocycles. The zero-order valence-corrected chi connectivity index (χ0v) is 26.7. The van der Waals surface area contributed by atoms with Gasteiger partial charge in [-0.2, -0.15) is 0 Å². The first-order valence-electron chi connectivity index (χ1n) is 15.9. The van der Waals surface area contributed by atoms with Crippen molar-refractivity contribution in [1.29, 1.82) is 0 Å². The molecule has 8 aromatic carbocycles. The summed E-state index contributed by atoms with van der Waals surface area (Å²) in [4.78, 5) is 0. The van der Waals surface area contributed by atoms with Crippen LogP contribution in [-0.4, -0.2) is 37.7 Å². The van der Waals surface area contributed by atoms with E-state index in [0.717, 1.165) is 32.3 Å². The van der Waals surface area contributed by atoms with Crippen LogP contribution in [0.15, 0.2) is 101 Å². The molecule has 9 rings (SSSR count). The van der Waals surface area contributed by atoms with Crippen LogP contribution in [0.1, 0.15) is 5.56 Å². The van der Waals surface area contributed by atoms with Gasteiger partial charge in [0.2, 0.25) is 11.5 Å². The molecule has 0 aliphatic heterocycles. The van der Waals surface area contributed by atoms with E-state index >= 15 is 0 Å². The van der Waals surface area contributed by atoms with Crippen LogP contribution in [-0.2, 0) is 0 Å². The van der Waals surface area contributed by atoms with Crippen molar-refractivity contribution >= 4 is 65.0 Å². The summed E-state index contributed by atoms with van der Waals surface area (Å²) in [7, 11) is 1.38. The van der Waals surface area contributed by atoms with Crippen molar-refractivity contribution in [3.8, 4) is 62.5 Å². The van der Waals surface area contributed by atoms with Crippen molar-refractivity contribution in [2.75, 3.05) is 7.11 Å². The summed E-state index contributed by atoms with van der Waals surface area (Å²) in [6, 6.07) is 30.2. The summed E-state index contributed by atoms with van der Waals surface area (Å²) in [6.45, 7) is 1.60. The third-order valence-corrected chi connectivity index (χ3v) is 9.96. The summed E-state index contributed by atoms with van der Waals surface area (Å²) in [5.74, 6) is -3.88. The fraction of sp³-hybridized carbons (Fsp3) is 0.0476. The number of phenols is 6. The zero-order chi connectivity index (χ0) is 34.6. The van der Waals surface area contributed by atoms with Crippen molar-refractivity contribution in [3.05, 3.63) is 103 Å². The molecule has 0 spiro atoms. The molecule has 9 aromatic rings. The molecule has 8 nitrogen and oxygen atoms in total. The smallest absolute Gasteiger partial charge is 0.204 e. The Morgan fingerprint density at radius 3 is 1.86 bits per heavy atom. The molecule has 6 N–H and O–H groups in total. The van der Waals surface area contributed by atoms with Gasteiger partial charge in [0.1, 0.15) is 16.9 Å². The molecule has 0 saturated carbocycles. The lowest BCUT2D eigenvalue weighted by molar-refractivity contribution is 0.351. The molecule has 0 radical (unpaired) electrons. The molecular weight excluding hydrogens is 632 g/mol. The topological polar surface area (TPSA) is 144 Å². The summed E-state index contributed by atoms with van der Waals surface area (Å²) >= 11 is 0. The molecular formula is C42H28O8.